The number of hydrogen-bond acceptors (Lipinski definition) is 6. The van der Waals surface area contributed by atoms with Crippen molar-refractivity contribution in [1.29, 1.82) is 0 Å². The first kappa shape index (κ1) is 23.9. The van der Waals surface area contributed by atoms with E-state index in [9.17, 15) is 14.4 Å². The smallest absolute Gasteiger partial charge is 0.350 e. The van der Waals surface area contributed by atoms with Crippen LogP contribution in [0.5, 0.6) is 0 Å². The molecule has 37 heavy (non-hydrogen) atoms. The number of nitrogens with zero attached hydrogens (tertiary/aromatic N) is 7. The lowest BCUT2D eigenvalue weighted by molar-refractivity contribution is 0.0963. The van der Waals surface area contributed by atoms with Crippen molar-refractivity contribution in [3.05, 3.63) is 82.8 Å². The van der Waals surface area contributed by atoms with E-state index in [-0.39, 0.29) is 17.6 Å². The van der Waals surface area contributed by atoms with Crippen LogP contribution in [0.3, 0.4) is 0 Å². The number of nitrogens with one attached hydrogen (secondary N) is 1. The molecule has 0 bridgehead atoms. The summed E-state index contributed by atoms with van der Waals surface area (Å²) >= 11 is 0. The highest BCUT2D eigenvalue weighted by Crippen LogP contribution is 2.32. The van der Waals surface area contributed by atoms with Gasteiger partial charge < -0.3 is 5.32 Å². The molecule has 3 amide bonds. The minimum absolute atomic E-state index is 0.201. The predicted molar refractivity (Wildman–Crippen MR) is 139 cm³/mol. The molecule has 1 aromatic carbocycles. The predicted octanol–water partition coefficient (Wildman–Crippen LogP) is 2.40. The van der Waals surface area contributed by atoms with Crippen molar-refractivity contribution in [1.82, 2.24) is 29.6 Å². The van der Waals surface area contributed by atoms with Gasteiger partial charge in [0.1, 0.15) is 12.1 Å². The van der Waals surface area contributed by atoms with E-state index in [1.807, 2.05) is 31.2 Å². The van der Waals surface area contributed by atoms with Gasteiger partial charge >= 0.3 is 11.7 Å². The Kier molecular flexibility index (Phi) is 6.26. The van der Waals surface area contributed by atoms with Gasteiger partial charge in [-0.15, -0.1) is 0 Å². The summed E-state index contributed by atoms with van der Waals surface area (Å²) < 4.78 is 2.68. The van der Waals surface area contributed by atoms with Crippen molar-refractivity contribution < 1.29 is 9.59 Å². The van der Waals surface area contributed by atoms with E-state index in [4.69, 9.17) is 0 Å². The summed E-state index contributed by atoms with van der Waals surface area (Å²) in [5, 5.41) is 6.59. The summed E-state index contributed by atoms with van der Waals surface area (Å²) in [6.45, 7) is 2.94. The van der Waals surface area contributed by atoms with Crippen molar-refractivity contribution in [2.75, 3.05) is 29.9 Å². The van der Waals surface area contributed by atoms with Gasteiger partial charge in [0.15, 0.2) is 0 Å². The van der Waals surface area contributed by atoms with Crippen LogP contribution in [0.25, 0.3) is 16.9 Å². The van der Waals surface area contributed by atoms with Crippen molar-refractivity contribution in [2.45, 2.75) is 13.3 Å². The number of anilines is 2. The number of carbonyl (C=O) groups is 2. The van der Waals surface area contributed by atoms with E-state index < -0.39 is 0 Å². The second-order valence-corrected chi connectivity index (χ2v) is 8.54. The topological polar surface area (TPSA) is 118 Å². The van der Waals surface area contributed by atoms with Crippen molar-refractivity contribution >= 4 is 23.4 Å². The monoisotopic (exact) mass is 498 g/mol. The Morgan fingerprint density at radius 1 is 1.03 bits per heavy atom. The first-order valence-electron chi connectivity index (χ1n) is 11.9. The van der Waals surface area contributed by atoms with Crippen LogP contribution in [0.1, 0.15) is 22.8 Å². The van der Waals surface area contributed by atoms with Crippen LogP contribution in [0.2, 0.25) is 0 Å². The van der Waals surface area contributed by atoms with Crippen LogP contribution in [0, 0.1) is 0 Å². The molecular weight excluding hydrogens is 472 g/mol. The maximum atomic E-state index is 13.5. The number of pyridine rings is 2. The van der Waals surface area contributed by atoms with Crippen LogP contribution in [-0.2, 0) is 13.5 Å². The zero-order chi connectivity index (χ0) is 26.1. The Labute approximate surface area is 213 Å². The van der Waals surface area contributed by atoms with Gasteiger partial charge in [0.05, 0.1) is 17.6 Å². The third-order valence-corrected chi connectivity index (χ3v) is 6.42. The maximum absolute atomic E-state index is 13.5. The molecule has 0 aliphatic carbocycles. The van der Waals surface area contributed by atoms with E-state index >= 15 is 0 Å². The Morgan fingerprint density at radius 3 is 2.51 bits per heavy atom. The summed E-state index contributed by atoms with van der Waals surface area (Å²) in [6.07, 6.45) is 5.39. The van der Waals surface area contributed by atoms with Gasteiger partial charge in [0, 0.05) is 55.8 Å². The summed E-state index contributed by atoms with van der Waals surface area (Å²) in [5.41, 5.74) is 3.98. The average molecular weight is 499 g/mol. The van der Waals surface area contributed by atoms with Crippen LogP contribution in [-0.4, -0.2) is 56.4 Å². The third kappa shape index (κ3) is 4.24. The molecule has 188 valence electrons. The highest BCUT2D eigenvalue weighted by atomic mass is 16.2. The fourth-order valence-electron chi connectivity index (χ4n) is 4.48. The maximum Gasteiger partial charge on any atom is 0.350 e. The summed E-state index contributed by atoms with van der Waals surface area (Å²) in [6, 6.07) is 12.3. The average Bonchev–Trinajstić information content (AvgIpc) is 3.49. The molecule has 0 unspecified atom stereocenters. The number of aromatic nitrogens is 5. The van der Waals surface area contributed by atoms with Crippen LogP contribution >= 0.6 is 0 Å². The Balaban J connectivity index is 1.45. The molecular formula is C26H26N8O3. The molecule has 4 aromatic rings. The lowest BCUT2D eigenvalue weighted by Gasteiger charge is -2.21. The number of rotatable bonds is 6. The standard InChI is InChI=1S/C26H26N8O3/c1-4-20-21(22-9-8-19(15-29-22)34-16-30-31(3)25(34)36)10-11-28-23(20)33-13-12-32(26(33)37)18-7-5-6-17(14-18)24(35)27-2/h5-11,14-16H,4,12-13H2,1-3H3,(H,27,35). The van der Waals surface area contributed by atoms with E-state index in [2.05, 4.69) is 20.4 Å². The van der Waals surface area contributed by atoms with Crippen LogP contribution < -0.4 is 20.8 Å². The molecule has 4 heterocycles. The first-order valence-corrected chi connectivity index (χ1v) is 11.9. The Morgan fingerprint density at radius 2 is 1.84 bits per heavy atom. The molecule has 0 saturated carbocycles. The van der Waals surface area contributed by atoms with Gasteiger partial charge in [-0.3, -0.25) is 19.6 Å². The van der Waals surface area contributed by atoms with Crippen molar-refractivity contribution in [2.24, 2.45) is 7.05 Å². The van der Waals surface area contributed by atoms with Gasteiger partial charge in [-0.05, 0) is 42.8 Å². The molecule has 1 fully saturated rings. The van der Waals surface area contributed by atoms with Gasteiger partial charge in [-0.25, -0.2) is 23.8 Å². The van der Waals surface area contributed by atoms with E-state index in [0.717, 1.165) is 11.1 Å². The van der Waals surface area contributed by atoms with E-state index in [0.29, 0.717) is 48.0 Å². The minimum Gasteiger partial charge on any atom is -0.355 e. The fraction of sp³-hybridized carbons (Fsp3) is 0.231. The molecule has 1 N–H and O–H groups in total. The highest BCUT2D eigenvalue weighted by Gasteiger charge is 2.33. The zero-order valence-electron chi connectivity index (χ0n) is 20.8. The molecule has 3 aromatic heterocycles. The summed E-state index contributed by atoms with van der Waals surface area (Å²) in [5.74, 6) is 0.379. The Bertz CT molecular complexity index is 1540. The molecule has 1 aliphatic rings. The summed E-state index contributed by atoms with van der Waals surface area (Å²) in [7, 11) is 3.16. The van der Waals surface area contributed by atoms with Crippen LogP contribution in [0.4, 0.5) is 16.3 Å². The first-order chi connectivity index (χ1) is 17.9. The number of hydrogen-bond donors (Lipinski definition) is 1. The largest absolute Gasteiger partial charge is 0.355 e. The molecule has 11 nitrogen and oxygen atoms in total. The quantitative estimate of drug-likeness (QED) is 0.436. The van der Waals surface area contributed by atoms with E-state index in [1.54, 1.807) is 54.5 Å². The van der Waals surface area contributed by atoms with Crippen molar-refractivity contribution in [3.63, 3.8) is 0 Å². The summed E-state index contributed by atoms with van der Waals surface area (Å²) in [4.78, 5) is 50.2. The Hall–Kier alpha value is -4.80. The molecule has 5 rings (SSSR count). The second kappa shape index (κ2) is 9.69. The van der Waals surface area contributed by atoms with Gasteiger partial charge in [0.25, 0.3) is 5.91 Å². The minimum atomic E-state index is -0.257. The number of carbonyl (C=O) groups excluding carboxylic acids is 2. The molecule has 0 atom stereocenters. The molecule has 0 radical (unpaired) electrons. The van der Waals surface area contributed by atoms with Gasteiger partial charge in [0.2, 0.25) is 0 Å². The number of aryl methyl sites for hydroxylation is 1. The lowest BCUT2D eigenvalue weighted by atomic mass is 10.0. The highest BCUT2D eigenvalue weighted by molar-refractivity contribution is 6.07. The van der Waals surface area contributed by atoms with Crippen molar-refractivity contribution in [3.8, 4) is 16.9 Å². The zero-order valence-corrected chi connectivity index (χ0v) is 20.8. The molecule has 11 heteroatoms. The fourth-order valence-corrected chi connectivity index (χ4v) is 4.48. The van der Waals surface area contributed by atoms with Gasteiger partial charge in [-0.2, -0.15) is 5.10 Å². The molecule has 0 spiro atoms. The normalized spacial score (nSPS) is 13.3. The second-order valence-electron chi connectivity index (χ2n) is 8.54. The third-order valence-electron chi connectivity index (χ3n) is 6.42. The SMILES string of the molecule is CCc1c(-c2ccc(-n3cnn(C)c3=O)cn2)ccnc1N1CCN(c2cccc(C(=O)NC)c2)C1=O. The number of benzene rings is 1. The molecule has 1 aliphatic heterocycles. The number of amides is 3. The number of urea groups is 1. The van der Waals surface area contributed by atoms with Crippen LogP contribution in [0.15, 0.2) is 66.0 Å². The van der Waals surface area contributed by atoms with E-state index in [1.165, 1.54) is 15.6 Å². The molecule has 1 saturated heterocycles. The van der Waals surface area contributed by atoms with Gasteiger partial charge in [-0.1, -0.05) is 13.0 Å². The lowest BCUT2D eigenvalue weighted by Crippen LogP contribution is -2.33.